The number of nitrogens with one attached hydrogen (secondary N) is 2. The van der Waals surface area contributed by atoms with E-state index in [1.807, 2.05) is 6.07 Å². The highest BCUT2D eigenvalue weighted by atomic mass is 35.5. The van der Waals surface area contributed by atoms with E-state index in [2.05, 4.69) is 15.5 Å². The number of H-pyrrole nitrogens is 1. The van der Waals surface area contributed by atoms with Crippen LogP contribution in [0.25, 0.3) is 0 Å². The minimum Gasteiger partial charge on any atom is -0.351 e. The van der Waals surface area contributed by atoms with Crippen molar-refractivity contribution in [3.63, 3.8) is 0 Å². The summed E-state index contributed by atoms with van der Waals surface area (Å²) in [6.07, 6.45) is 2.48. The summed E-state index contributed by atoms with van der Waals surface area (Å²) in [6, 6.07) is 3.60. The van der Waals surface area contributed by atoms with E-state index in [1.54, 1.807) is 12.3 Å². The Labute approximate surface area is 96.4 Å². The zero-order valence-corrected chi connectivity index (χ0v) is 9.15. The van der Waals surface area contributed by atoms with Crippen molar-refractivity contribution in [2.24, 2.45) is 0 Å². The molecule has 3 rings (SSSR count). The normalized spacial score (nSPS) is 12.9. The molecule has 0 fully saturated rings. The Morgan fingerprint density at radius 2 is 2.00 bits per heavy atom. The first-order chi connectivity index (χ1) is 7.25. The van der Waals surface area contributed by atoms with E-state index in [4.69, 9.17) is 23.2 Å². The van der Waals surface area contributed by atoms with Crippen molar-refractivity contribution in [1.29, 1.82) is 0 Å². The molecule has 1 aromatic heterocycles. The number of hydrogen-bond donors (Lipinski definition) is 2. The topological polar surface area (TPSA) is 40.7 Å². The highest BCUT2D eigenvalue weighted by molar-refractivity contribution is 6.36. The standard InChI is InChI=1S/C10H7Cl2N3/c11-6-1-2-7(12)10-5(6)3-8-9(14-10)4-13-15-8/h1-2,4,14H,3H2,(H,13,15). The average molecular weight is 240 g/mol. The Morgan fingerprint density at radius 3 is 2.87 bits per heavy atom. The maximum atomic E-state index is 6.11. The molecule has 0 radical (unpaired) electrons. The molecule has 0 amide bonds. The van der Waals surface area contributed by atoms with Gasteiger partial charge in [0.2, 0.25) is 0 Å². The molecular formula is C10H7Cl2N3. The molecule has 2 N–H and O–H groups in total. The van der Waals surface area contributed by atoms with Crippen molar-refractivity contribution >= 4 is 34.6 Å². The van der Waals surface area contributed by atoms with E-state index < -0.39 is 0 Å². The number of rotatable bonds is 0. The van der Waals surface area contributed by atoms with E-state index >= 15 is 0 Å². The van der Waals surface area contributed by atoms with Crippen LogP contribution in [-0.2, 0) is 6.42 Å². The molecule has 2 heterocycles. The molecule has 0 aliphatic carbocycles. The summed E-state index contributed by atoms with van der Waals surface area (Å²) in [5, 5.41) is 11.5. The van der Waals surface area contributed by atoms with Gasteiger partial charge in [0, 0.05) is 17.0 Å². The average Bonchev–Trinajstić information content (AvgIpc) is 2.69. The molecule has 0 saturated carbocycles. The fourth-order valence-corrected chi connectivity index (χ4v) is 2.22. The molecule has 3 nitrogen and oxygen atoms in total. The highest BCUT2D eigenvalue weighted by Gasteiger charge is 2.20. The first-order valence-corrected chi connectivity index (χ1v) is 5.27. The Morgan fingerprint density at radius 1 is 1.20 bits per heavy atom. The molecular weight excluding hydrogens is 233 g/mol. The largest absolute Gasteiger partial charge is 0.351 e. The number of anilines is 2. The predicted molar refractivity (Wildman–Crippen MR) is 61.1 cm³/mol. The van der Waals surface area contributed by atoms with Crippen LogP contribution in [0.15, 0.2) is 18.3 Å². The quantitative estimate of drug-likeness (QED) is 0.632. The number of fused-ring (bicyclic) bond motifs is 2. The number of aromatic amines is 1. The molecule has 15 heavy (non-hydrogen) atoms. The smallest absolute Gasteiger partial charge is 0.0804 e. The molecule has 1 aliphatic rings. The second-order valence-electron chi connectivity index (χ2n) is 3.45. The van der Waals surface area contributed by atoms with Gasteiger partial charge in [-0.25, -0.2) is 0 Å². The van der Waals surface area contributed by atoms with Crippen molar-refractivity contribution < 1.29 is 0 Å². The van der Waals surface area contributed by atoms with Crippen LogP contribution in [0.3, 0.4) is 0 Å². The first kappa shape index (κ1) is 9.07. The fraction of sp³-hybridized carbons (Fsp3) is 0.100. The third kappa shape index (κ3) is 1.31. The van der Waals surface area contributed by atoms with Gasteiger partial charge in [-0.1, -0.05) is 23.2 Å². The molecule has 1 aromatic carbocycles. The fourth-order valence-electron chi connectivity index (χ4n) is 1.77. The molecule has 0 bridgehead atoms. The van der Waals surface area contributed by atoms with E-state index in [0.717, 1.165) is 34.1 Å². The van der Waals surface area contributed by atoms with Gasteiger partial charge >= 0.3 is 0 Å². The summed E-state index contributed by atoms with van der Waals surface area (Å²) < 4.78 is 0. The highest BCUT2D eigenvalue weighted by Crippen LogP contribution is 2.39. The van der Waals surface area contributed by atoms with Crippen LogP contribution in [0.5, 0.6) is 0 Å². The molecule has 5 heteroatoms. The van der Waals surface area contributed by atoms with E-state index in [9.17, 15) is 0 Å². The lowest BCUT2D eigenvalue weighted by atomic mass is 10.0. The lowest BCUT2D eigenvalue weighted by molar-refractivity contribution is 0.992. The SMILES string of the molecule is Clc1ccc(Cl)c2c1Cc1[nH]ncc1N2. The Kier molecular flexibility index (Phi) is 1.90. The van der Waals surface area contributed by atoms with Crippen molar-refractivity contribution in [2.75, 3.05) is 5.32 Å². The van der Waals surface area contributed by atoms with Crippen LogP contribution in [-0.4, -0.2) is 10.2 Å². The lowest BCUT2D eigenvalue weighted by Gasteiger charge is -2.19. The first-order valence-electron chi connectivity index (χ1n) is 4.52. The zero-order valence-electron chi connectivity index (χ0n) is 7.64. The maximum Gasteiger partial charge on any atom is 0.0804 e. The van der Waals surface area contributed by atoms with Gasteiger partial charge in [-0.3, -0.25) is 5.10 Å². The van der Waals surface area contributed by atoms with Crippen molar-refractivity contribution in [3.05, 3.63) is 39.6 Å². The van der Waals surface area contributed by atoms with Gasteiger partial charge < -0.3 is 5.32 Å². The second kappa shape index (κ2) is 3.15. The molecule has 76 valence electrons. The van der Waals surface area contributed by atoms with Gasteiger partial charge in [-0.2, -0.15) is 5.10 Å². The number of hydrogen-bond acceptors (Lipinski definition) is 2. The van der Waals surface area contributed by atoms with Gasteiger partial charge in [0.15, 0.2) is 0 Å². The number of halogens is 2. The van der Waals surface area contributed by atoms with Crippen LogP contribution in [0.4, 0.5) is 11.4 Å². The van der Waals surface area contributed by atoms with Gasteiger partial charge in [0.05, 0.1) is 28.3 Å². The third-order valence-electron chi connectivity index (χ3n) is 2.54. The van der Waals surface area contributed by atoms with Crippen LogP contribution in [0, 0.1) is 0 Å². The van der Waals surface area contributed by atoms with Crippen molar-refractivity contribution in [1.82, 2.24) is 10.2 Å². The molecule has 0 unspecified atom stereocenters. The summed E-state index contributed by atoms with van der Waals surface area (Å²) in [6.45, 7) is 0. The van der Waals surface area contributed by atoms with Crippen molar-refractivity contribution in [2.45, 2.75) is 6.42 Å². The zero-order chi connectivity index (χ0) is 10.4. The van der Waals surface area contributed by atoms with Crippen LogP contribution in [0.2, 0.25) is 10.0 Å². The van der Waals surface area contributed by atoms with E-state index in [0.29, 0.717) is 5.02 Å². The summed E-state index contributed by atoms with van der Waals surface area (Å²) in [5.41, 5.74) is 3.90. The summed E-state index contributed by atoms with van der Waals surface area (Å²) in [4.78, 5) is 0. The van der Waals surface area contributed by atoms with Crippen LogP contribution < -0.4 is 5.32 Å². The molecule has 0 atom stereocenters. The van der Waals surface area contributed by atoms with Crippen molar-refractivity contribution in [3.8, 4) is 0 Å². The number of nitrogens with zero attached hydrogens (tertiary/aromatic N) is 1. The molecule has 2 aromatic rings. The predicted octanol–water partition coefficient (Wildman–Crippen LogP) is 3.36. The summed E-state index contributed by atoms with van der Waals surface area (Å²) >= 11 is 12.2. The van der Waals surface area contributed by atoms with Crippen LogP contribution >= 0.6 is 23.2 Å². The third-order valence-corrected chi connectivity index (χ3v) is 3.21. The Hall–Kier alpha value is -1.19. The molecule has 1 aliphatic heterocycles. The number of benzene rings is 1. The Bertz CT molecular complexity index is 488. The van der Waals surface area contributed by atoms with Gasteiger partial charge in [0.1, 0.15) is 0 Å². The van der Waals surface area contributed by atoms with Crippen LogP contribution in [0.1, 0.15) is 11.3 Å². The lowest BCUT2D eigenvalue weighted by Crippen LogP contribution is -2.06. The summed E-state index contributed by atoms with van der Waals surface area (Å²) in [5.74, 6) is 0. The maximum absolute atomic E-state index is 6.11. The minimum atomic E-state index is 0.682. The monoisotopic (exact) mass is 239 g/mol. The molecule has 0 spiro atoms. The summed E-state index contributed by atoms with van der Waals surface area (Å²) in [7, 11) is 0. The minimum absolute atomic E-state index is 0.682. The van der Waals surface area contributed by atoms with Gasteiger partial charge in [-0.05, 0) is 12.1 Å². The molecule has 0 saturated heterocycles. The van der Waals surface area contributed by atoms with E-state index in [-0.39, 0.29) is 0 Å². The van der Waals surface area contributed by atoms with E-state index in [1.165, 1.54) is 0 Å². The number of aromatic nitrogens is 2. The second-order valence-corrected chi connectivity index (χ2v) is 4.26. The Balaban J connectivity index is 2.20. The van der Waals surface area contributed by atoms with Gasteiger partial charge in [0.25, 0.3) is 0 Å². The van der Waals surface area contributed by atoms with Gasteiger partial charge in [-0.15, -0.1) is 0 Å².